The fourth-order valence-electron chi connectivity index (χ4n) is 3.14. The maximum atomic E-state index is 13.4. The number of carbonyl (C=O) groups is 1. The monoisotopic (exact) mass is 485 g/mol. The molecule has 3 aromatic rings. The van der Waals surface area contributed by atoms with Gasteiger partial charge in [-0.05, 0) is 49.4 Å². The Morgan fingerprint density at radius 1 is 1.06 bits per heavy atom. The van der Waals surface area contributed by atoms with E-state index in [1.165, 1.54) is 43.5 Å². The molecule has 0 radical (unpaired) electrons. The number of hydrogen-bond acceptors (Lipinski definition) is 7. The minimum Gasteiger partial charge on any atom is -0.495 e. The molecule has 178 valence electrons. The standard InChI is InChI=1S/C23H23N3O7S/c1-3-33-19-12-9-17(10-13-19)25(34(30,31)20-7-5-4-6-8-20)16-23(27)24-21-15-18(26(28)29)11-14-22(21)32-2/h4-15H,3,16H2,1-2H3,(H,24,27). The van der Waals surface area contributed by atoms with Crippen LogP contribution in [0, 0.1) is 10.1 Å². The third-order valence-electron chi connectivity index (χ3n) is 4.72. The molecule has 3 rings (SSSR count). The number of hydrogen-bond donors (Lipinski definition) is 1. The van der Waals surface area contributed by atoms with Gasteiger partial charge in [-0.3, -0.25) is 19.2 Å². The third-order valence-corrected chi connectivity index (χ3v) is 6.51. The molecule has 0 bridgehead atoms. The number of ether oxygens (including phenoxy) is 2. The molecule has 3 aromatic carbocycles. The molecule has 0 saturated carbocycles. The van der Waals surface area contributed by atoms with Crippen LogP contribution in [0.3, 0.4) is 0 Å². The van der Waals surface area contributed by atoms with Crippen LogP contribution in [0.1, 0.15) is 6.92 Å². The maximum Gasteiger partial charge on any atom is 0.271 e. The van der Waals surface area contributed by atoms with Crippen molar-refractivity contribution in [3.8, 4) is 11.5 Å². The molecule has 0 saturated heterocycles. The highest BCUT2D eigenvalue weighted by atomic mass is 32.2. The summed E-state index contributed by atoms with van der Waals surface area (Å²) in [5.41, 5.74) is 0.0373. The lowest BCUT2D eigenvalue weighted by Gasteiger charge is -2.24. The number of carbonyl (C=O) groups excluding carboxylic acids is 1. The van der Waals surface area contributed by atoms with Crippen molar-refractivity contribution in [1.82, 2.24) is 0 Å². The van der Waals surface area contributed by atoms with Crippen LogP contribution in [-0.2, 0) is 14.8 Å². The third kappa shape index (κ3) is 5.62. The van der Waals surface area contributed by atoms with E-state index in [-0.39, 0.29) is 27.7 Å². The first-order valence-corrected chi connectivity index (χ1v) is 11.6. The highest BCUT2D eigenvalue weighted by molar-refractivity contribution is 7.92. The van der Waals surface area contributed by atoms with E-state index in [1.807, 2.05) is 6.92 Å². The maximum absolute atomic E-state index is 13.4. The van der Waals surface area contributed by atoms with Crippen molar-refractivity contribution in [3.63, 3.8) is 0 Å². The van der Waals surface area contributed by atoms with Gasteiger partial charge in [0.05, 0.1) is 34.9 Å². The minimum absolute atomic E-state index is 0.00427. The molecule has 0 heterocycles. The molecule has 0 aliphatic rings. The second-order valence-corrected chi connectivity index (χ2v) is 8.80. The van der Waals surface area contributed by atoms with Crippen LogP contribution < -0.4 is 19.1 Å². The van der Waals surface area contributed by atoms with E-state index in [0.717, 1.165) is 10.4 Å². The number of sulfonamides is 1. The SMILES string of the molecule is CCOc1ccc(N(CC(=O)Nc2cc([N+](=O)[O-])ccc2OC)S(=O)(=O)c2ccccc2)cc1. The lowest BCUT2D eigenvalue weighted by atomic mass is 10.2. The predicted octanol–water partition coefficient (Wildman–Crippen LogP) is 3.84. The van der Waals surface area contributed by atoms with Crippen molar-refractivity contribution in [2.24, 2.45) is 0 Å². The molecule has 0 aliphatic heterocycles. The molecule has 0 aliphatic carbocycles. The molecule has 0 fully saturated rings. The molecular weight excluding hydrogens is 462 g/mol. The smallest absolute Gasteiger partial charge is 0.271 e. The van der Waals surface area contributed by atoms with Crippen molar-refractivity contribution in [3.05, 3.63) is 82.9 Å². The van der Waals surface area contributed by atoms with E-state index >= 15 is 0 Å². The van der Waals surface area contributed by atoms with Gasteiger partial charge in [-0.1, -0.05) is 18.2 Å². The molecule has 11 heteroatoms. The number of nitro groups is 1. The molecule has 0 unspecified atom stereocenters. The van der Waals surface area contributed by atoms with Crippen molar-refractivity contribution < 1.29 is 27.6 Å². The van der Waals surface area contributed by atoms with Crippen LogP contribution in [-0.4, -0.2) is 39.5 Å². The van der Waals surface area contributed by atoms with Crippen molar-refractivity contribution in [2.75, 3.05) is 29.9 Å². The summed E-state index contributed by atoms with van der Waals surface area (Å²) in [5.74, 6) is 0.0266. The van der Waals surface area contributed by atoms with Crippen LogP contribution in [0.5, 0.6) is 11.5 Å². The normalized spacial score (nSPS) is 10.9. The van der Waals surface area contributed by atoms with Gasteiger partial charge in [0.1, 0.15) is 18.0 Å². The number of non-ortho nitro benzene ring substituents is 1. The van der Waals surface area contributed by atoms with Crippen molar-refractivity contribution in [1.29, 1.82) is 0 Å². The van der Waals surface area contributed by atoms with Gasteiger partial charge >= 0.3 is 0 Å². The van der Waals surface area contributed by atoms with E-state index in [4.69, 9.17) is 9.47 Å². The Balaban J connectivity index is 1.95. The van der Waals surface area contributed by atoms with E-state index in [0.29, 0.717) is 12.4 Å². The van der Waals surface area contributed by atoms with Gasteiger partial charge in [0, 0.05) is 12.1 Å². The van der Waals surface area contributed by atoms with Gasteiger partial charge < -0.3 is 14.8 Å². The quantitative estimate of drug-likeness (QED) is 0.341. The second-order valence-electron chi connectivity index (χ2n) is 6.94. The number of amides is 1. The van der Waals surface area contributed by atoms with E-state index in [9.17, 15) is 23.3 Å². The van der Waals surface area contributed by atoms with Gasteiger partial charge in [-0.25, -0.2) is 8.42 Å². The Morgan fingerprint density at radius 3 is 2.32 bits per heavy atom. The van der Waals surface area contributed by atoms with E-state index in [1.54, 1.807) is 30.3 Å². The second kappa shape index (κ2) is 10.7. The molecule has 1 N–H and O–H groups in total. The minimum atomic E-state index is -4.11. The first-order chi connectivity index (χ1) is 16.3. The van der Waals surface area contributed by atoms with Crippen LogP contribution in [0.2, 0.25) is 0 Å². The first kappa shape index (κ1) is 24.5. The zero-order chi connectivity index (χ0) is 24.7. The fraction of sp³-hybridized carbons (Fsp3) is 0.174. The van der Waals surface area contributed by atoms with Gasteiger partial charge in [-0.2, -0.15) is 0 Å². The van der Waals surface area contributed by atoms with Crippen molar-refractivity contribution >= 4 is 33.0 Å². The van der Waals surface area contributed by atoms with E-state index < -0.39 is 27.4 Å². The predicted molar refractivity (Wildman–Crippen MR) is 127 cm³/mol. The van der Waals surface area contributed by atoms with Gasteiger partial charge in [-0.15, -0.1) is 0 Å². The average Bonchev–Trinajstić information content (AvgIpc) is 2.83. The Bertz CT molecular complexity index is 1260. The molecular formula is C23H23N3O7S. The van der Waals surface area contributed by atoms with Crippen molar-refractivity contribution in [2.45, 2.75) is 11.8 Å². The molecule has 34 heavy (non-hydrogen) atoms. The molecule has 0 atom stereocenters. The molecule has 0 spiro atoms. The highest BCUT2D eigenvalue weighted by Gasteiger charge is 2.27. The summed E-state index contributed by atoms with van der Waals surface area (Å²) in [6, 6.07) is 17.7. The summed E-state index contributed by atoms with van der Waals surface area (Å²) < 4.78 is 38.3. The summed E-state index contributed by atoms with van der Waals surface area (Å²) in [6.45, 7) is 1.68. The number of methoxy groups -OCH3 is 1. The summed E-state index contributed by atoms with van der Waals surface area (Å²) in [7, 11) is -2.76. The Labute approximate surface area is 196 Å². The Hall–Kier alpha value is -4.12. The number of nitro benzene ring substituents is 1. The average molecular weight is 486 g/mol. The summed E-state index contributed by atoms with van der Waals surface area (Å²) in [6.07, 6.45) is 0. The lowest BCUT2D eigenvalue weighted by molar-refractivity contribution is -0.384. The number of nitrogens with one attached hydrogen (secondary N) is 1. The van der Waals surface area contributed by atoms with Gasteiger partial charge in [0.25, 0.3) is 15.7 Å². The summed E-state index contributed by atoms with van der Waals surface area (Å²) in [4.78, 5) is 23.4. The molecule has 1 amide bonds. The van der Waals surface area contributed by atoms with E-state index in [2.05, 4.69) is 5.32 Å². The molecule has 10 nitrogen and oxygen atoms in total. The van der Waals surface area contributed by atoms with Gasteiger partial charge in [0.15, 0.2) is 0 Å². The Kier molecular flexibility index (Phi) is 7.69. The molecule has 0 aromatic heterocycles. The highest BCUT2D eigenvalue weighted by Crippen LogP contribution is 2.30. The number of rotatable bonds is 10. The number of anilines is 2. The largest absolute Gasteiger partial charge is 0.495 e. The fourth-order valence-corrected chi connectivity index (χ4v) is 4.58. The zero-order valence-corrected chi connectivity index (χ0v) is 19.3. The van der Waals surface area contributed by atoms with Crippen LogP contribution in [0.4, 0.5) is 17.1 Å². The van der Waals surface area contributed by atoms with Crippen LogP contribution >= 0.6 is 0 Å². The summed E-state index contributed by atoms with van der Waals surface area (Å²) >= 11 is 0. The zero-order valence-electron chi connectivity index (χ0n) is 18.5. The van der Waals surface area contributed by atoms with Gasteiger partial charge in [0.2, 0.25) is 5.91 Å². The van der Waals surface area contributed by atoms with Crippen LogP contribution in [0.15, 0.2) is 77.7 Å². The topological polar surface area (TPSA) is 128 Å². The Morgan fingerprint density at radius 2 is 1.74 bits per heavy atom. The number of nitrogens with zero attached hydrogens (tertiary/aromatic N) is 2. The summed E-state index contributed by atoms with van der Waals surface area (Å²) in [5, 5.41) is 13.6. The lowest BCUT2D eigenvalue weighted by Crippen LogP contribution is -2.38. The first-order valence-electron chi connectivity index (χ1n) is 10.2. The van der Waals surface area contributed by atoms with Crippen LogP contribution in [0.25, 0.3) is 0 Å². The number of benzene rings is 3.